The minimum absolute atomic E-state index is 0.159. The van der Waals surface area contributed by atoms with E-state index in [9.17, 15) is 9.59 Å². The van der Waals surface area contributed by atoms with Crippen molar-refractivity contribution in [3.63, 3.8) is 0 Å². The Kier molecular flexibility index (Phi) is 6.12. The number of hydrogen-bond donors (Lipinski definition) is 2. The molecule has 27 heavy (non-hydrogen) atoms. The maximum Gasteiger partial charge on any atom is 0.358 e. The van der Waals surface area contributed by atoms with Crippen LogP contribution < -0.4 is 20.1 Å². The molecule has 1 aliphatic rings. The van der Waals surface area contributed by atoms with Crippen LogP contribution in [0.5, 0.6) is 11.5 Å². The average Bonchev–Trinajstić information content (AvgIpc) is 3.28. The summed E-state index contributed by atoms with van der Waals surface area (Å²) in [6.07, 6.45) is 1.01. The Morgan fingerprint density at radius 1 is 1.30 bits per heavy atom. The lowest BCUT2D eigenvalue weighted by atomic mass is 10.1. The van der Waals surface area contributed by atoms with E-state index >= 15 is 0 Å². The standard InChI is InChI=1S/C18H21N3O5S/c1-11(2)5-6-19-18-21-13(9-27-18)17(23)24-8-16(22)20-12-3-4-14-15(7-12)26-10-25-14/h3-4,7,9,11H,5-6,8,10H2,1-2H3,(H,19,21)(H,20,22). The molecule has 1 aliphatic heterocycles. The highest BCUT2D eigenvalue weighted by atomic mass is 32.1. The first-order valence-corrected chi connectivity index (χ1v) is 9.45. The first-order valence-electron chi connectivity index (χ1n) is 8.57. The predicted molar refractivity (Wildman–Crippen MR) is 102 cm³/mol. The van der Waals surface area contributed by atoms with Crippen LogP contribution in [-0.4, -0.2) is 36.8 Å². The van der Waals surface area contributed by atoms with Gasteiger partial charge in [-0.05, 0) is 24.5 Å². The number of benzene rings is 1. The number of nitrogens with one attached hydrogen (secondary N) is 2. The molecule has 0 bridgehead atoms. The molecule has 2 aromatic rings. The van der Waals surface area contributed by atoms with E-state index in [1.165, 1.54) is 11.3 Å². The summed E-state index contributed by atoms with van der Waals surface area (Å²) in [7, 11) is 0. The van der Waals surface area contributed by atoms with Gasteiger partial charge in [-0.15, -0.1) is 11.3 Å². The molecule has 9 heteroatoms. The number of fused-ring (bicyclic) bond motifs is 1. The van der Waals surface area contributed by atoms with E-state index in [4.69, 9.17) is 14.2 Å². The lowest BCUT2D eigenvalue weighted by Crippen LogP contribution is -2.21. The molecule has 0 aliphatic carbocycles. The number of amides is 1. The van der Waals surface area contributed by atoms with E-state index in [2.05, 4.69) is 29.5 Å². The van der Waals surface area contributed by atoms with Crippen molar-refractivity contribution in [1.82, 2.24) is 4.98 Å². The molecule has 0 radical (unpaired) electrons. The first-order chi connectivity index (χ1) is 13.0. The molecule has 2 N–H and O–H groups in total. The maximum atomic E-state index is 12.0. The largest absolute Gasteiger partial charge is 0.454 e. The molecule has 1 aromatic carbocycles. The van der Waals surface area contributed by atoms with Gasteiger partial charge in [0.25, 0.3) is 5.91 Å². The number of carbonyl (C=O) groups excluding carboxylic acids is 2. The van der Waals surface area contributed by atoms with Crippen molar-refractivity contribution in [3.8, 4) is 11.5 Å². The lowest BCUT2D eigenvalue weighted by molar-refractivity contribution is -0.119. The van der Waals surface area contributed by atoms with Crippen molar-refractivity contribution in [2.45, 2.75) is 20.3 Å². The van der Waals surface area contributed by atoms with Gasteiger partial charge >= 0.3 is 5.97 Å². The Hall–Kier alpha value is -2.81. The summed E-state index contributed by atoms with van der Waals surface area (Å²) in [5.74, 6) is 0.687. The van der Waals surface area contributed by atoms with Gasteiger partial charge in [0.05, 0.1) is 0 Å². The normalized spacial score (nSPS) is 12.1. The van der Waals surface area contributed by atoms with Crippen molar-refractivity contribution < 1.29 is 23.8 Å². The summed E-state index contributed by atoms with van der Waals surface area (Å²) in [5, 5.41) is 8.07. The number of rotatable bonds is 8. The highest BCUT2D eigenvalue weighted by Gasteiger charge is 2.16. The van der Waals surface area contributed by atoms with Gasteiger partial charge in [-0.3, -0.25) is 4.79 Å². The Balaban J connectivity index is 1.44. The molecule has 0 unspecified atom stereocenters. The average molecular weight is 391 g/mol. The van der Waals surface area contributed by atoms with Crippen LogP contribution in [0.25, 0.3) is 0 Å². The van der Waals surface area contributed by atoms with Crippen LogP contribution in [0.15, 0.2) is 23.6 Å². The fourth-order valence-electron chi connectivity index (χ4n) is 2.29. The number of ether oxygens (including phenoxy) is 3. The molecule has 1 aromatic heterocycles. The monoisotopic (exact) mass is 391 g/mol. The van der Waals surface area contributed by atoms with E-state index in [1.807, 2.05) is 0 Å². The van der Waals surface area contributed by atoms with E-state index in [-0.39, 0.29) is 12.5 Å². The van der Waals surface area contributed by atoms with Crippen LogP contribution in [0.2, 0.25) is 0 Å². The molecule has 144 valence electrons. The van der Waals surface area contributed by atoms with Crippen molar-refractivity contribution in [2.75, 3.05) is 30.6 Å². The van der Waals surface area contributed by atoms with Gasteiger partial charge in [-0.2, -0.15) is 0 Å². The van der Waals surface area contributed by atoms with Crippen molar-refractivity contribution >= 4 is 34.0 Å². The third-order valence-corrected chi connectivity index (χ3v) is 4.50. The van der Waals surface area contributed by atoms with Gasteiger partial charge in [0.1, 0.15) is 0 Å². The van der Waals surface area contributed by atoms with Crippen molar-refractivity contribution in [2.24, 2.45) is 5.92 Å². The second-order valence-corrected chi connectivity index (χ2v) is 7.20. The highest BCUT2D eigenvalue weighted by molar-refractivity contribution is 7.13. The van der Waals surface area contributed by atoms with Crippen LogP contribution in [0, 0.1) is 5.92 Å². The van der Waals surface area contributed by atoms with E-state index in [0.29, 0.717) is 28.2 Å². The molecule has 2 heterocycles. The lowest BCUT2D eigenvalue weighted by Gasteiger charge is -2.06. The van der Waals surface area contributed by atoms with Crippen LogP contribution >= 0.6 is 11.3 Å². The number of nitrogens with zero attached hydrogens (tertiary/aromatic N) is 1. The van der Waals surface area contributed by atoms with Crippen LogP contribution in [0.4, 0.5) is 10.8 Å². The molecule has 0 fully saturated rings. The minimum Gasteiger partial charge on any atom is -0.454 e. The summed E-state index contributed by atoms with van der Waals surface area (Å²) in [6, 6.07) is 5.04. The van der Waals surface area contributed by atoms with Crippen molar-refractivity contribution in [3.05, 3.63) is 29.3 Å². The molecule has 0 atom stereocenters. The summed E-state index contributed by atoms with van der Waals surface area (Å²) in [4.78, 5) is 28.2. The number of carbonyl (C=O) groups is 2. The number of esters is 1. The molecule has 0 saturated heterocycles. The molecule has 8 nitrogen and oxygen atoms in total. The van der Waals surface area contributed by atoms with Gasteiger partial charge < -0.3 is 24.8 Å². The number of thiazole rings is 1. The number of aromatic nitrogens is 1. The third-order valence-electron chi connectivity index (χ3n) is 3.70. The zero-order valence-electron chi connectivity index (χ0n) is 15.1. The molecule has 1 amide bonds. The Bertz CT molecular complexity index is 821. The van der Waals surface area contributed by atoms with E-state index in [0.717, 1.165) is 13.0 Å². The Labute approximate surface area is 160 Å². The molecule has 0 spiro atoms. The minimum atomic E-state index is -0.635. The van der Waals surface area contributed by atoms with Crippen LogP contribution in [0.3, 0.4) is 0 Å². The fourth-order valence-corrected chi connectivity index (χ4v) is 3.00. The maximum absolute atomic E-state index is 12.0. The smallest absolute Gasteiger partial charge is 0.358 e. The zero-order chi connectivity index (χ0) is 19.2. The Morgan fingerprint density at radius 3 is 2.93 bits per heavy atom. The van der Waals surface area contributed by atoms with Crippen LogP contribution in [-0.2, 0) is 9.53 Å². The summed E-state index contributed by atoms with van der Waals surface area (Å²) < 4.78 is 15.5. The Morgan fingerprint density at radius 2 is 2.11 bits per heavy atom. The van der Waals surface area contributed by atoms with E-state index in [1.54, 1.807) is 23.6 Å². The van der Waals surface area contributed by atoms with Crippen molar-refractivity contribution in [1.29, 1.82) is 0 Å². The van der Waals surface area contributed by atoms with Gasteiger partial charge in [0, 0.05) is 23.7 Å². The second-order valence-electron chi connectivity index (χ2n) is 6.34. The van der Waals surface area contributed by atoms with Gasteiger partial charge in [0.15, 0.2) is 28.9 Å². The molecular weight excluding hydrogens is 370 g/mol. The fraction of sp³-hybridized carbons (Fsp3) is 0.389. The predicted octanol–water partition coefficient (Wildman–Crippen LogP) is 3.13. The van der Waals surface area contributed by atoms with Gasteiger partial charge in [-0.25, -0.2) is 9.78 Å². The van der Waals surface area contributed by atoms with Gasteiger partial charge in [-0.1, -0.05) is 13.8 Å². The zero-order valence-corrected chi connectivity index (χ0v) is 15.9. The summed E-state index contributed by atoms with van der Waals surface area (Å²) in [6.45, 7) is 4.83. The molecule has 3 rings (SSSR count). The van der Waals surface area contributed by atoms with Crippen LogP contribution in [0.1, 0.15) is 30.8 Å². The highest BCUT2D eigenvalue weighted by Crippen LogP contribution is 2.34. The van der Waals surface area contributed by atoms with E-state index < -0.39 is 18.5 Å². The van der Waals surface area contributed by atoms with Gasteiger partial charge in [0.2, 0.25) is 6.79 Å². The third kappa shape index (κ3) is 5.33. The quantitative estimate of drug-likeness (QED) is 0.667. The number of anilines is 2. The molecular formula is C18H21N3O5S. The second kappa shape index (κ2) is 8.72. The topological polar surface area (TPSA) is 98.8 Å². The summed E-state index contributed by atoms with van der Waals surface area (Å²) in [5.41, 5.74) is 0.716. The first kappa shape index (κ1) is 19.0. The summed E-state index contributed by atoms with van der Waals surface area (Å²) >= 11 is 1.33. The molecule has 0 saturated carbocycles. The SMILES string of the molecule is CC(C)CCNc1nc(C(=O)OCC(=O)Nc2ccc3c(c2)OCO3)cs1. The number of hydrogen-bond acceptors (Lipinski definition) is 8.